The molecule has 14 heavy (non-hydrogen) atoms. The summed E-state index contributed by atoms with van der Waals surface area (Å²) in [6.45, 7) is 7.07. The van der Waals surface area contributed by atoms with Crippen molar-refractivity contribution >= 4 is 46.4 Å². The molecule has 0 spiro atoms. The van der Waals surface area contributed by atoms with E-state index in [-0.39, 0.29) is 21.1 Å². The minimum absolute atomic E-state index is 0.115. The van der Waals surface area contributed by atoms with Crippen LogP contribution in [0.15, 0.2) is 0 Å². The fraction of sp³-hybridized carbons (Fsp3) is 1.00. The van der Waals surface area contributed by atoms with Gasteiger partial charge in [0, 0.05) is 0 Å². The zero-order valence-electron chi connectivity index (χ0n) is 9.84. The Morgan fingerprint density at radius 2 is 1.43 bits per heavy atom. The van der Waals surface area contributed by atoms with Crippen LogP contribution in [0.1, 0.15) is 33.6 Å². The summed E-state index contributed by atoms with van der Waals surface area (Å²) in [5, 5.41) is 0. The van der Waals surface area contributed by atoms with Gasteiger partial charge in [-0.1, -0.05) is 13.8 Å². The first-order chi connectivity index (χ1) is 6.74. The molecule has 0 unspecified atom stereocenters. The zero-order chi connectivity index (χ0) is 11.7. The number of nitrogens with two attached hydrogens (primary N) is 1. The third kappa shape index (κ3) is 50.1. The van der Waals surface area contributed by atoms with Crippen molar-refractivity contribution in [2.75, 3.05) is 18.1 Å². The first kappa shape index (κ1) is 20.8. The molecular formula is C10H25NS2Sn. The van der Waals surface area contributed by atoms with Crippen molar-refractivity contribution in [1.29, 1.82) is 0 Å². The molecule has 0 fully saturated rings. The summed E-state index contributed by atoms with van der Waals surface area (Å²) in [7, 11) is 0. The molecule has 4 heteroatoms. The topological polar surface area (TPSA) is 26.0 Å². The van der Waals surface area contributed by atoms with E-state index in [0.29, 0.717) is 0 Å². The van der Waals surface area contributed by atoms with Crippen LogP contribution < -0.4 is 5.73 Å². The van der Waals surface area contributed by atoms with E-state index in [4.69, 9.17) is 5.73 Å². The molecular weight excluding hydrogens is 317 g/mol. The van der Waals surface area contributed by atoms with Crippen LogP contribution >= 0.6 is 0 Å². The van der Waals surface area contributed by atoms with Crippen LogP contribution in [0.4, 0.5) is 0 Å². The number of rotatable bonds is 5. The van der Waals surface area contributed by atoms with Crippen molar-refractivity contribution < 1.29 is 0 Å². The van der Waals surface area contributed by atoms with Crippen LogP contribution in [0, 0.1) is 0 Å². The van der Waals surface area contributed by atoms with Gasteiger partial charge in [0.05, 0.1) is 0 Å². The quantitative estimate of drug-likeness (QED) is 0.472. The van der Waals surface area contributed by atoms with Gasteiger partial charge in [-0.2, -0.15) is 11.5 Å². The van der Waals surface area contributed by atoms with Crippen LogP contribution in [0.5, 0.6) is 0 Å². The Morgan fingerprint density at radius 3 is 1.71 bits per heavy atom. The molecule has 0 rings (SSSR count). The molecule has 0 aliphatic carbocycles. The standard InChI is InChI=1S/C4H10N.2C2H6S.C2H5.Sn/c1-2-3-4-5;2*1-2-3;1-2;/h1-5H2;2*3H,2H2,1H3;1H2,2H3;/q;;;;+2/p-2. The molecule has 0 aliphatic heterocycles. The zero-order valence-corrected chi connectivity index (χ0v) is 14.3. The molecule has 0 heterocycles. The van der Waals surface area contributed by atoms with E-state index in [2.05, 4.69) is 32.2 Å². The summed E-state index contributed by atoms with van der Waals surface area (Å²) in [4.78, 5) is 0. The van der Waals surface area contributed by atoms with Crippen LogP contribution in [-0.2, 0) is 25.3 Å². The fourth-order valence-corrected chi connectivity index (χ4v) is 3.01. The molecule has 0 aliphatic rings. The van der Waals surface area contributed by atoms with Crippen LogP contribution in [-0.4, -0.2) is 39.2 Å². The minimum atomic E-state index is 0.115. The van der Waals surface area contributed by atoms with E-state index in [1.807, 2.05) is 13.8 Å². The van der Waals surface area contributed by atoms with Gasteiger partial charge in [0.1, 0.15) is 0 Å². The van der Waals surface area contributed by atoms with Crippen molar-refractivity contribution in [3.05, 3.63) is 0 Å². The van der Waals surface area contributed by atoms with Gasteiger partial charge in [-0.25, -0.2) is 0 Å². The van der Waals surface area contributed by atoms with Gasteiger partial charge in [0.2, 0.25) is 0 Å². The van der Waals surface area contributed by atoms with Gasteiger partial charge in [0.15, 0.2) is 0 Å². The average Bonchev–Trinajstić information content (AvgIpc) is 2.15. The third-order valence-electron chi connectivity index (χ3n) is 1.06. The van der Waals surface area contributed by atoms with Gasteiger partial charge < -0.3 is 25.3 Å². The summed E-state index contributed by atoms with van der Waals surface area (Å²) >= 11 is 8.90. The maximum absolute atomic E-state index is 5.33. The Balaban J connectivity index is -0.000000168. The van der Waals surface area contributed by atoms with Gasteiger partial charge in [-0.3, -0.25) is 0 Å². The van der Waals surface area contributed by atoms with Crippen molar-refractivity contribution in [1.82, 2.24) is 0 Å². The van der Waals surface area contributed by atoms with Gasteiger partial charge in [-0.15, -0.1) is 0 Å². The molecule has 1 nitrogen and oxygen atoms in total. The van der Waals surface area contributed by atoms with Crippen molar-refractivity contribution in [3.63, 3.8) is 0 Å². The Bertz CT molecular complexity index is 58.1. The summed E-state index contributed by atoms with van der Waals surface area (Å²) in [5.41, 5.74) is 5.33. The molecule has 0 saturated carbocycles. The van der Waals surface area contributed by atoms with E-state index in [1.54, 1.807) is 0 Å². The van der Waals surface area contributed by atoms with Crippen LogP contribution in [0.3, 0.4) is 0 Å². The van der Waals surface area contributed by atoms with Crippen LogP contribution in [0.2, 0.25) is 8.87 Å². The summed E-state index contributed by atoms with van der Waals surface area (Å²) in [6.07, 6.45) is 2.65. The van der Waals surface area contributed by atoms with Crippen molar-refractivity contribution in [2.24, 2.45) is 5.73 Å². The normalized spacial score (nSPS) is 7.57. The molecule has 0 radical (unpaired) electrons. The third-order valence-corrected chi connectivity index (χ3v) is 4.50. The van der Waals surface area contributed by atoms with E-state index < -0.39 is 0 Å². The molecule has 0 amide bonds. The van der Waals surface area contributed by atoms with E-state index >= 15 is 0 Å². The molecule has 0 aromatic rings. The summed E-state index contributed by atoms with van der Waals surface area (Å²) in [5.74, 6) is 1.67. The number of hydrogen-bond donors (Lipinski definition) is 1. The van der Waals surface area contributed by atoms with E-state index in [9.17, 15) is 0 Å². The Morgan fingerprint density at radius 1 is 1.00 bits per heavy atom. The molecule has 86 valence electrons. The monoisotopic (exact) mass is 343 g/mol. The molecule has 0 aromatic heterocycles. The first-order valence-electron chi connectivity index (χ1n) is 5.31. The van der Waals surface area contributed by atoms with Gasteiger partial charge in [0.25, 0.3) is 0 Å². The average molecular weight is 342 g/mol. The predicted molar refractivity (Wildman–Crippen MR) is 75.1 cm³/mol. The second kappa shape index (κ2) is 29.3. The van der Waals surface area contributed by atoms with Crippen molar-refractivity contribution in [3.8, 4) is 0 Å². The summed E-state index contributed by atoms with van der Waals surface area (Å²) < 4.78 is 3.03. The van der Waals surface area contributed by atoms with Crippen molar-refractivity contribution in [2.45, 2.75) is 42.5 Å². The number of hydrogen-bond acceptors (Lipinski definition) is 3. The summed E-state index contributed by atoms with van der Waals surface area (Å²) in [6, 6.07) is 0. The Kier molecular flexibility index (Phi) is 43.5. The molecule has 2 N–H and O–H groups in total. The molecule has 0 bridgehead atoms. The van der Waals surface area contributed by atoms with Crippen LogP contribution in [0.25, 0.3) is 0 Å². The molecule has 0 aromatic carbocycles. The predicted octanol–water partition coefficient (Wildman–Crippen LogP) is 2.39. The first-order valence-corrected chi connectivity index (χ1v) is 10.5. The Hall–Kier alpha value is 1.46. The Labute approximate surface area is 112 Å². The molecule has 0 atom stereocenters. The van der Waals surface area contributed by atoms with E-state index in [0.717, 1.165) is 18.1 Å². The molecule has 0 saturated heterocycles. The van der Waals surface area contributed by atoms with E-state index in [1.165, 1.54) is 21.7 Å². The van der Waals surface area contributed by atoms with Gasteiger partial charge >= 0.3 is 62.1 Å². The maximum atomic E-state index is 5.33. The van der Waals surface area contributed by atoms with Gasteiger partial charge in [-0.05, 0) is 0 Å². The second-order valence-corrected chi connectivity index (χ2v) is 8.45. The second-order valence-electron chi connectivity index (χ2n) is 2.43. The number of unbranched alkanes of at least 4 members (excludes halogenated alkanes) is 1. The fourth-order valence-electron chi connectivity index (χ4n) is 0.571. The SMILES string of the molecule is CC[S-].CC[S-].C[CH2][Sn+2][CH2]CCCN.